The second-order valence-electron chi connectivity index (χ2n) is 6.30. The Kier molecular flexibility index (Phi) is 5.14. The third-order valence-corrected chi connectivity index (χ3v) is 4.57. The van der Waals surface area contributed by atoms with Crippen LogP contribution in [0.2, 0.25) is 0 Å². The number of H-pyrrole nitrogens is 1. The van der Waals surface area contributed by atoms with Crippen LogP contribution in [0.15, 0.2) is 30.3 Å². The number of nitrogens with zero attached hydrogens (tertiary/aromatic N) is 2. The first-order chi connectivity index (χ1) is 11.8. The molecule has 126 valence electrons. The van der Waals surface area contributed by atoms with Gasteiger partial charge in [0.1, 0.15) is 16.8 Å². The van der Waals surface area contributed by atoms with Crippen molar-refractivity contribution in [3.8, 4) is 16.9 Å². The summed E-state index contributed by atoms with van der Waals surface area (Å²) in [4.78, 5) is 0. The molecule has 0 amide bonds. The summed E-state index contributed by atoms with van der Waals surface area (Å²) in [6, 6.07) is 9.69. The Balaban J connectivity index is 2.26. The van der Waals surface area contributed by atoms with Gasteiger partial charge in [0.2, 0.25) is 0 Å². The lowest BCUT2D eigenvalue weighted by atomic mass is 9.88. The summed E-state index contributed by atoms with van der Waals surface area (Å²) >= 11 is 0. The lowest BCUT2D eigenvalue weighted by molar-refractivity contribution is 0.477. The summed E-state index contributed by atoms with van der Waals surface area (Å²) in [5.74, 6) is 0.298. The lowest BCUT2D eigenvalue weighted by Gasteiger charge is -2.16. The molecule has 0 saturated carbocycles. The van der Waals surface area contributed by atoms with Gasteiger partial charge in [-0.2, -0.15) is 15.4 Å². The molecule has 2 aromatic carbocycles. The first kappa shape index (κ1) is 16.5. The van der Waals surface area contributed by atoms with Gasteiger partial charge in [-0.25, -0.2) is 0 Å². The van der Waals surface area contributed by atoms with Crippen molar-refractivity contribution in [2.75, 3.05) is 0 Å². The van der Waals surface area contributed by atoms with Crippen LogP contribution < -0.4 is 0 Å². The minimum absolute atomic E-state index is 0.298. The Morgan fingerprint density at radius 2 is 1.75 bits per heavy atom. The van der Waals surface area contributed by atoms with Crippen molar-refractivity contribution in [3.05, 3.63) is 41.5 Å². The number of aromatic hydroxyl groups is 1. The van der Waals surface area contributed by atoms with Gasteiger partial charge >= 0.3 is 0 Å². The Bertz CT molecular complexity index is 823. The van der Waals surface area contributed by atoms with E-state index in [0.717, 1.165) is 60.7 Å². The quantitative estimate of drug-likeness (QED) is 0.642. The highest BCUT2D eigenvalue weighted by Gasteiger charge is 2.19. The second-order valence-corrected chi connectivity index (χ2v) is 6.30. The van der Waals surface area contributed by atoms with E-state index < -0.39 is 0 Å². The number of rotatable bonds is 7. The van der Waals surface area contributed by atoms with Crippen LogP contribution in [0.4, 0.5) is 0 Å². The van der Waals surface area contributed by atoms with Gasteiger partial charge in [-0.05, 0) is 48.9 Å². The van der Waals surface area contributed by atoms with E-state index >= 15 is 0 Å². The maximum atomic E-state index is 10.4. The summed E-state index contributed by atoms with van der Waals surface area (Å²) < 4.78 is 0. The molecular weight excluding hydrogens is 298 g/mol. The third kappa shape index (κ3) is 3.14. The van der Waals surface area contributed by atoms with Crippen LogP contribution in [0, 0.1) is 0 Å². The molecule has 0 saturated heterocycles. The minimum Gasteiger partial charge on any atom is -0.507 e. The molecule has 2 N–H and O–H groups in total. The topological polar surface area (TPSA) is 61.8 Å². The number of hydrogen-bond donors (Lipinski definition) is 2. The highest BCUT2D eigenvalue weighted by molar-refractivity contribution is 5.96. The number of nitrogens with one attached hydrogen (secondary N) is 1. The molecule has 1 heterocycles. The minimum atomic E-state index is 0.298. The Hall–Kier alpha value is -2.36. The fourth-order valence-electron chi connectivity index (χ4n) is 3.28. The van der Waals surface area contributed by atoms with Crippen molar-refractivity contribution in [2.24, 2.45) is 0 Å². The number of aromatic nitrogens is 3. The van der Waals surface area contributed by atoms with Crippen molar-refractivity contribution in [1.82, 2.24) is 15.4 Å². The molecule has 0 fully saturated rings. The predicted octanol–water partition coefficient (Wildman–Crippen LogP) is 5.02. The van der Waals surface area contributed by atoms with Crippen LogP contribution in [0.3, 0.4) is 0 Å². The molecule has 3 aromatic rings. The summed E-state index contributed by atoms with van der Waals surface area (Å²) in [7, 11) is 0. The Morgan fingerprint density at radius 1 is 1.00 bits per heavy atom. The van der Waals surface area contributed by atoms with Gasteiger partial charge in [-0.3, -0.25) is 0 Å². The van der Waals surface area contributed by atoms with Crippen molar-refractivity contribution < 1.29 is 5.11 Å². The molecule has 24 heavy (non-hydrogen) atoms. The monoisotopic (exact) mass is 323 g/mol. The first-order valence-corrected chi connectivity index (χ1v) is 8.89. The molecule has 0 aliphatic rings. The number of phenols is 1. The average Bonchev–Trinajstić information content (AvgIpc) is 3.06. The second kappa shape index (κ2) is 7.47. The Morgan fingerprint density at radius 3 is 2.50 bits per heavy atom. The largest absolute Gasteiger partial charge is 0.507 e. The van der Waals surface area contributed by atoms with Gasteiger partial charge in [0.05, 0.1) is 0 Å². The normalized spacial score (nSPS) is 11.2. The zero-order chi connectivity index (χ0) is 16.9. The average molecular weight is 323 g/mol. The summed E-state index contributed by atoms with van der Waals surface area (Å²) in [6.07, 6.45) is 6.63. The van der Waals surface area contributed by atoms with E-state index in [9.17, 15) is 5.11 Å². The molecule has 0 spiro atoms. The van der Waals surface area contributed by atoms with E-state index in [0.29, 0.717) is 5.75 Å². The van der Waals surface area contributed by atoms with Crippen molar-refractivity contribution >= 4 is 11.0 Å². The molecule has 3 rings (SSSR count). The fourth-order valence-corrected chi connectivity index (χ4v) is 3.28. The molecule has 0 atom stereocenters. The van der Waals surface area contributed by atoms with Crippen molar-refractivity contribution in [1.29, 1.82) is 0 Å². The van der Waals surface area contributed by atoms with E-state index in [1.54, 1.807) is 6.07 Å². The fraction of sp³-hybridized carbons (Fsp3) is 0.400. The van der Waals surface area contributed by atoms with E-state index in [2.05, 4.69) is 35.3 Å². The lowest BCUT2D eigenvalue weighted by Crippen LogP contribution is -2.00. The number of fused-ring (bicyclic) bond motifs is 1. The van der Waals surface area contributed by atoms with Crippen LogP contribution in [0.25, 0.3) is 22.2 Å². The van der Waals surface area contributed by atoms with Crippen LogP contribution in [0.1, 0.15) is 50.7 Å². The number of para-hydroxylation sites is 1. The number of phenolic OH excluding ortho intramolecular Hbond substituents is 1. The molecule has 4 nitrogen and oxygen atoms in total. The molecule has 0 radical (unpaired) electrons. The number of benzene rings is 2. The molecule has 0 aliphatic carbocycles. The van der Waals surface area contributed by atoms with Crippen LogP contribution in [-0.2, 0) is 12.8 Å². The smallest absolute Gasteiger partial charge is 0.123 e. The van der Waals surface area contributed by atoms with Crippen molar-refractivity contribution in [2.45, 2.75) is 52.4 Å². The van der Waals surface area contributed by atoms with Crippen molar-refractivity contribution in [3.63, 3.8) is 0 Å². The number of unbranched alkanes of at least 4 members (excludes halogenated alkanes) is 2. The molecule has 0 aliphatic heterocycles. The first-order valence-electron chi connectivity index (χ1n) is 8.89. The van der Waals surface area contributed by atoms with E-state index in [1.807, 2.05) is 18.2 Å². The molecule has 0 unspecified atom stereocenters. The van der Waals surface area contributed by atoms with Gasteiger partial charge in [0.15, 0.2) is 0 Å². The van der Waals surface area contributed by atoms with Crippen LogP contribution >= 0.6 is 0 Å². The van der Waals surface area contributed by atoms with Gasteiger partial charge < -0.3 is 5.11 Å². The highest BCUT2D eigenvalue weighted by Crippen LogP contribution is 2.38. The summed E-state index contributed by atoms with van der Waals surface area (Å²) in [5, 5.41) is 21.9. The number of hydrogen-bond acceptors (Lipinski definition) is 3. The van der Waals surface area contributed by atoms with E-state index in [4.69, 9.17) is 0 Å². The van der Waals surface area contributed by atoms with Crippen LogP contribution in [-0.4, -0.2) is 20.5 Å². The number of aryl methyl sites for hydroxylation is 1. The van der Waals surface area contributed by atoms with E-state index in [-0.39, 0.29) is 0 Å². The zero-order valence-corrected chi connectivity index (χ0v) is 14.5. The molecule has 4 heteroatoms. The Labute approximate surface area is 142 Å². The summed E-state index contributed by atoms with van der Waals surface area (Å²) in [6.45, 7) is 4.42. The molecular formula is C20H25N3O. The zero-order valence-electron chi connectivity index (χ0n) is 14.5. The van der Waals surface area contributed by atoms with Crippen LogP contribution in [0.5, 0.6) is 5.75 Å². The third-order valence-electron chi connectivity index (χ3n) is 4.57. The van der Waals surface area contributed by atoms with E-state index in [1.165, 1.54) is 11.1 Å². The van der Waals surface area contributed by atoms with Gasteiger partial charge in [-0.15, -0.1) is 0 Å². The van der Waals surface area contributed by atoms with Gasteiger partial charge in [-0.1, -0.05) is 44.9 Å². The maximum absolute atomic E-state index is 10.4. The summed E-state index contributed by atoms with van der Waals surface area (Å²) in [5.41, 5.74) is 6.26. The SMILES string of the molecule is CCCCc1cc2n[nH]nc2c(-c2ccccc2O)c1CCCC. The molecule has 1 aromatic heterocycles. The van der Waals surface area contributed by atoms with Gasteiger partial charge in [0, 0.05) is 11.1 Å². The number of aromatic amines is 1. The standard InChI is InChI=1S/C20H25N3O/c1-3-5-9-14-13-17-20(22-23-21-17)19(15(14)10-6-4-2)16-11-7-8-12-18(16)24/h7-8,11-13,24H,3-6,9-10H2,1-2H3,(H,21,22,23). The highest BCUT2D eigenvalue weighted by atomic mass is 16.3. The molecule has 0 bridgehead atoms. The van der Waals surface area contributed by atoms with Gasteiger partial charge in [0.25, 0.3) is 0 Å². The maximum Gasteiger partial charge on any atom is 0.123 e. The predicted molar refractivity (Wildman–Crippen MR) is 98.2 cm³/mol.